The Bertz CT molecular complexity index is 549. The van der Waals surface area contributed by atoms with Gasteiger partial charge in [0.15, 0.2) is 0 Å². The Morgan fingerprint density at radius 3 is 2.47 bits per heavy atom. The fourth-order valence-corrected chi connectivity index (χ4v) is 2.37. The van der Waals surface area contributed by atoms with Gasteiger partial charge in [0.25, 0.3) is 0 Å². The van der Waals surface area contributed by atoms with Crippen molar-refractivity contribution in [2.24, 2.45) is 0 Å². The summed E-state index contributed by atoms with van der Waals surface area (Å²) in [5, 5.41) is 0. The molecule has 1 aliphatic rings. The van der Waals surface area contributed by atoms with Crippen LogP contribution in [0.4, 0.5) is 5.95 Å². The molecule has 0 unspecified atom stereocenters. The molecule has 3 heterocycles. The van der Waals surface area contributed by atoms with Gasteiger partial charge in [-0.2, -0.15) is 0 Å². The molecule has 19 heavy (non-hydrogen) atoms. The second kappa shape index (κ2) is 5.30. The molecule has 2 aromatic heterocycles. The molecular weight excluding hydrogens is 238 g/mol. The van der Waals surface area contributed by atoms with Gasteiger partial charge in [-0.05, 0) is 32.3 Å². The van der Waals surface area contributed by atoms with Crippen LogP contribution in [-0.4, -0.2) is 33.0 Å². The third kappa shape index (κ3) is 2.70. The number of rotatable bonds is 2. The van der Waals surface area contributed by atoms with Gasteiger partial charge < -0.3 is 4.90 Å². The summed E-state index contributed by atoms with van der Waals surface area (Å²) in [7, 11) is 0. The standard InChI is InChI=1S/C14H17N5/c1-11-7-13(12-8-15-10-16-9-12)18-14(17-11)19-5-3-2-4-6-19/h7-10H,2-6H2,1H3. The second-order valence-corrected chi connectivity index (χ2v) is 4.87. The Kier molecular flexibility index (Phi) is 3.35. The fraction of sp³-hybridized carbons (Fsp3) is 0.429. The third-order valence-corrected chi connectivity index (χ3v) is 3.34. The van der Waals surface area contributed by atoms with Crippen molar-refractivity contribution in [3.8, 4) is 11.3 Å². The number of aryl methyl sites for hydroxylation is 1. The van der Waals surface area contributed by atoms with Crippen molar-refractivity contribution in [3.05, 3.63) is 30.5 Å². The minimum atomic E-state index is 0.832. The van der Waals surface area contributed by atoms with Crippen LogP contribution in [0.3, 0.4) is 0 Å². The van der Waals surface area contributed by atoms with Gasteiger partial charge in [-0.1, -0.05) is 0 Å². The molecule has 0 spiro atoms. The maximum atomic E-state index is 4.66. The van der Waals surface area contributed by atoms with E-state index in [1.54, 1.807) is 12.4 Å². The average molecular weight is 255 g/mol. The van der Waals surface area contributed by atoms with Gasteiger partial charge in [0.2, 0.25) is 5.95 Å². The Morgan fingerprint density at radius 2 is 1.74 bits per heavy atom. The number of hydrogen-bond donors (Lipinski definition) is 0. The van der Waals surface area contributed by atoms with Crippen LogP contribution >= 0.6 is 0 Å². The molecule has 1 saturated heterocycles. The van der Waals surface area contributed by atoms with Crippen LogP contribution < -0.4 is 4.90 Å². The summed E-state index contributed by atoms with van der Waals surface area (Å²) in [6, 6.07) is 1.98. The summed E-state index contributed by atoms with van der Waals surface area (Å²) < 4.78 is 0. The summed E-state index contributed by atoms with van der Waals surface area (Å²) >= 11 is 0. The zero-order chi connectivity index (χ0) is 13.1. The van der Waals surface area contributed by atoms with E-state index >= 15 is 0 Å². The van der Waals surface area contributed by atoms with E-state index in [2.05, 4.69) is 24.8 Å². The van der Waals surface area contributed by atoms with Gasteiger partial charge in [-0.15, -0.1) is 0 Å². The van der Waals surface area contributed by atoms with Gasteiger partial charge in [0.1, 0.15) is 6.33 Å². The highest BCUT2D eigenvalue weighted by Crippen LogP contribution is 2.21. The van der Waals surface area contributed by atoms with Crippen molar-refractivity contribution >= 4 is 5.95 Å². The first-order valence-corrected chi connectivity index (χ1v) is 6.69. The van der Waals surface area contributed by atoms with Crippen molar-refractivity contribution in [3.63, 3.8) is 0 Å². The molecule has 0 radical (unpaired) electrons. The predicted molar refractivity (Wildman–Crippen MR) is 73.9 cm³/mol. The van der Waals surface area contributed by atoms with Crippen LogP contribution in [-0.2, 0) is 0 Å². The van der Waals surface area contributed by atoms with Gasteiger partial charge in [0, 0.05) is 36.7 Å². The zero-order valence-corrected chi connectivity index (χ0v) is 11.1. The van der Waals surface area contributed by atoms with Crippen molar-refractivity contribution in [2.75, 3.05) is 18.0 Å². The molecule has 0 atom stereocenters. The molecule has 5 nitrogen and oxygen atoms in total. The van der Waals surface area contributed by atoms with Crippen molar-refractivity contribution in [2.45, 2.75) is 26.2 Å². The molecule has 0 aliphatic carbocycles. The highest BCUT2D eigenvalue weighted by molar-refractivity contribution is 5.58. The Morgan fingerprint density at radius 1 is 1.00 bits per heavy atom. The molecule has 98 valence electrons. The monoisotopic (exact) mass is 255 g/mol. The molecular formula is C14H17N5. The maximum Gasteiger partial charge on any atom is 0.226 e. The smallest absolute Gasteiger partial charge is 0.226 e. The molecule has 3 rings (SSSR count). The number of nitrogens with zero attached hydrogens (tertiary/aromatic N) is 5. The summed E-state index contributed by atoms with van der Waals surface area (Å²) in [5.41, 5.74) is 2.81. The first-order chi connectivity index (χ1) is 9.33. The molecule has 1 aliphatic heterocycles. The van der Waals surface area contributed by atoms with Crippen LogP contribution in [0.25, 0.3) is 11.3 Å². The van der Waals surface area contributed by atoms with E-state index in [0.717, 1.165) is 36.0 Å². The van der Waals surface area contributed by atoms with E-state index in [-0.39, 0.29) is 0 Å². The third-order valence-electron chi connectivity index (χ3n) is 3.34. The van der Waals surface area contributed by atoms with Gasteiger partial charge in [0.05, 0.1) is 5.69 Å². The normalized spacial score (nSPS) is 15.5. The quantitative estimate of drug-likeness (QED) is 0.823. The largest absolute Gasteiger partial charge is 0.341 e. The van der Waals surface area contributed by atoms with Crippen LogP contribution in [0.2, 0.25) is 0 Å². The fourth-order valence-electron chi connectivity index (χ4n) is 2.37. The highest BCUT2D eigenvalue weighted by Gasteiger charge is 2.15. The Hall–Kier alpha value is -2.04. The summed E-state index contributed by atoms with van der Waals surface area (Å²) in [5.74, 6) is 0.832. The first-order valence-electron chi connectivity index (χ1n) is 6.69. The van der Waals surface area contributed by atoms with Crippen LogP contribution in [0, 0.1) is 6.92 Å². The lowest BCUT2D eigenvalue weighted by Gasteiger charge is -2.27. The second-order valence-electron chi connectivity index (χ2n) is 4.87. The Labute approximate surface area is 112 Å². The number of hydrogen-bond acceptors (Lipinski definition) is 5. The van der Waals surface area contributed by atoms with Crippen molar-refractivity contribution in [1.82, 2.24) is 19.9 Å². The van der Waals surface area contributed by atoms with E-state index in [4.69, 9.17) is 0 Å². The first kappa shape index (κ1) is 12.0. The maximum absolute atomic E-state index is 4.66. The zero-order valence-electron chi connectivity index (χ0n) is 11.1. The van der Waals surface area contributed by atoms with E-state index in [9.17, 15) is 0 Å². The van der Waals surface area contributed by atoms with Gasteiger partial charge >= 0.3 is 0 Å². The number of aromatic nitrogens is 4. The summed E-state index contributed by atoms with van der Waals surface area (Å²) in [4.78, 5) is 19.6. The lowest BCUT2D eigenvalue weighted by atomic mass is 10.1. The van der Waals surface area contributed by atoms with E-state index in [1.807, 2.05) is 13.0 Å². The molecule has 0 N–H and O–H groups in total. The van der Waals surface area contributed by atoms with Crippen LogP contribution in [0.5, 0.6) is 0 Å². The van der Waals surface area contributed by atoms with Crippen LogP contribution in [0.15, 0.2) is 24.8 Å². The predicted octanol–water partition coefficient (Wildman–Crippen LogP) is 2.23. The summed E-state index contributed by atoms with van der Waals surface area (Å²) in [6.07, 6.45) is 8.86. The van der Waals surface area contributed by atoms with E-state index in [0.29, 0.717) is 0 Å². The molecule has 0 bridgehead atoms. The molecule has 5 heteroatoms. The minimum absolute atomic E-state index is 0.832. The van der Waals surface area contributed by atoms with Crippen molar-refractivity contribution in [1.29, 1.82) is 0 Å². The lowest BCUT2D eigenvalue weighted by Crippen LogP contribution is -2.31. The van der Waals surface area contributed by atoms with E-state index in [1.165, 1.54) is 25.6 Å². The lowest BCUT2D eigenvalue weighted by molar-refractivity contribution is 0.568. The molecule has 0 saturated carbocycles. The topological polar surface area (TPSA) is 54.8 Å². The molecule has 1 fully saturated rings. The molecule has 2 aromatic rings. The number of piperidine rings is 1. The van der Waals surface area contributed by atoms with Crippen molar-refractivity contribution < 1.29 is 0 Å². The minimum Gasteiger partial charge on any atom is -0.341 e. The van der Waals surface area contributed by atoms with Gasteiger partial charge in [-0.3, -0.25) is 0 Å². The van der Waals surface area contributed by atoms with E-state index < -0.39 is 0 Å². The Balaban J connectivity index is 1.96. The highest BCUT2D eigenvalue weighted by atomic mass is 15.3. The van der Waals surface area contributed by atoms with Crippen LogP contribution in [0.1, 0.15) is 25.0 Å². The number of anilines is 1. The van der Waals surface area contributed by atoms with Gasteiger partial charge in [-0.25, -0.2) is 19.9 Å². The molecule has 0 aromatic carbocycles. The average Bonchev–Trinajstić information content (AvgIpc) is 2.48. The SMILES string of the molecule is Cc1cc(-c2cncnc2)nc(N2CCCCC2)n1. The summed E-state index contributed by atoms with van der Waals surface area (Å²) in [6.45, 7) is 4.10. The molecule has 0 amide bonds.